The number of aromatic nitrogens is 3. The Kier molecular flexibility index (Phi) is 5.34. The average molecular weight is 399 g/mol. The molecule has 29 heavy (non-hydrogen) atoms. The Hall–Kier alpha value is -2.77. The predicted octanol–water partition coefficient (Wildman–Crippen LogP) is 4.25. The molecule has 6 bridgehead atoms. The fourth-order valence-electron chi connectivity index (χ4n) is 4.01. The van der Waals surface area contributed by atoms with Crippen LogP contribution >= 0.6 is 0 Å². The molecule has 0 aromatic carbocycles. The number of aromatic amines is 1. The van der Waals surface area contributed by atoms with Gasteiger partial charge in [-0.3, -0.25) is 10.1 Å². The summed E-state index contributed by atoms with van der Waals surface area (Å²) in [6.45, 7) is 6.04. The first-order valence-electron chi connectivity index (χ1n) is 10.3. The first-order chi connectivity index (χ1) is 13.9. The van der Waals surface area contributed by atoms with E-state index in [1.165, 1.54) is 0 Å². The second-order valence-electron chi connectivity index (χ2n) is 8.76. The maximum Gasteiger partial charge on any atom is 0.407 e. The SMILES string of the molecule is C[C@@H]1CCC(C)(C)NC(=O)O[C@@H]2CC[C@@H](C2)c2cc(n[nH]2)Nc2cncc(c2)O1. The van der Waals surface area contributed by atoms with Crippen molar-refractivity contribution in [1.29, 1.82) is 0 Å². The second-order valence-corrected chi connectivity index (χ2v) is 8.76. The predicted molar refractivity (Wildman–Crippen MR) is 110 cm³/mol. The third kappa shape index (κ3) is 4.99. The molecule has 2 aromatic rings. The number of hydrogen-bond acceptors (Lipinski definition) is 6. The summed E-state index contributed by atoms with van der Waals surface area (Å²) in [5.41, 5.74) is 1.50. The van der Waals surface area contributed by atoms with E-state index in [9.17, 15) is 4.79 Å². The first-order valence-corrected chi connectivity index (χ1v) is 10.3. The highest BCUT2D eigenvalue weighted by atomic mass is 16.6. The number of carbonyl (C=O) groups excluding carboxylic acids is 1. The Morgan fingerprint density at radius 3 is 2.86 bits per heavy atom. The number of nitrogens with zero attached hydrogens (tertiary/aromatic N) is 2. The van der Waals surface area contributed by atoms with Crippen LogP contribution in [0, 0.1) is 0 Å². The van der Waals surface area contributed by atoms with Gasteiger partial charge >= 0.3 is 6.09 Å². The van der Waals surface area contributed by atoms with Crippen molar-refractivity contribution in [2.24, 2.45) is 0 Å². The average Bonchev–Trinajstić information content (AvgIpc) is 3.29. The molecule has 3 N–H and O–H groups in total. The van der Waals surface area contributed by atoms with Crippen molar-refractivity contribution >= 4 is 17.6 Å². The van der Waals surface area contributed by atoms with Gasteiger partial charge in [0.15, 0.2) is 5.82 Å². The Morgan fingerprint density at radius 1 is 1.14 bits per heavy atom. The number of pyridine rings is 1. The molecular formula is C21H29N5O3. The van der Waals surface area contributed by atoms with Crippen LogP contribution < -0.4 is 15.4 Å². The molecule has 3 heterocycles. The van der Waals surface area contributed by atoms with E-state index in [-0.39, 0.29) is 23.8 Å². The molecule has 1 saturated carbocycles. The summed E-state index contributed by atoms with van der Waals surface area (Å²) in [4.78, 5) is 16.7. The van der Waals surface area contributed by atoms with Crippen molar-refractivity contribution in [3.05, 3.63) is 30.2 Å². The van der Waals surface area contributed by atoms with Crippen molar-refractivity contribution < 1.29 is 14.3 Å². The van der Waals surface area contributed by atoms with Crippen molar-refractivity contribution in [3.63, 3.8) is 0 Å². The lowest BCUT2D eigenvalue weighted by atomic mass is 9.97. The van der Waals surface area contributed by atoms with Crippen LogP contribution in [0.25, 0.3) is 0 Å². The van der Waals surface area contributed by atoms with E-state index in [4.69, 9.17) is 9.47 Å². The van der Waals surface area contributed by atoms with E-state index < -0.39 is 0 Å². The zero-order valence-corrected chi connectivity index (χ0v) is 17.2. The highest BCUT2D eigenvalue weighted by molar-refractivity contribution is 5.68. The fraction of sp³-hybridized carbons (Fsp3) is 0.571. The van der Waals surface area contributed by atoms with Crippen LogP contribution in [0.1, 0.15) is 64.5 Å². The summed E-state index contributed by atoms with van der Waals surface area (Å²) in [6.07, 6.45) is 7.21. The van der Waals surface area contributed by atoms with Gasteiger partial charge in [-0.15, -0.1) is 0 Å². The Labute approximate surface area is 170 Å². The normalized spacial score (nSPS) is 26.9. The molecule has 1 amide bonds. The maximum absolute atomic E-state index is 12.4. The van der Waals surface area contributed by atoms with Gasteiger partial charge in [0.25, 0.3) is 0 Å². The molecule has 2 aromatic heterocycles. The van der Waals surface area contributed by atoms with Crippen LogP contribution in [0.5, 0.6) is 5.75 Å². The maximum atomic E-state index is 12.4. The molecule has 0 saturated heterocycles. The van der Waals surface area contributed by atoms with E-state index in [0.29, 0.717) is 11.7 Å². The topological polar surface area (TPSA) is 101 Å². The molecule has 156 valence electrons. The number of carbonyl (C=O) groups is 1. The lowest BCUT2D eigenvalue weighted by Gasteiger charge is -2.28. The van der Waals surface area contributed by atoms with E-state index in [1.54, 1.807) is 12.4 Å². The lowest BCUT2D eigenvalue weighted by Crippen LogP contribution is -2.45. The molecule has 1 aliphatic carbocycles. The monoisotopic (exact) mass is 399 g/mol. The number of ether oxygens (including phenoxy) is 2. The van der Waals surface area contributed by atoms with Gasteiger partial charge in [-0.1, -0.05) is 0 Å². The minimum atomic E-state index is -0.377. The van der Waals surface area contributed by atoms with Crippen molar-refractivity contribution in [1.82, 2.24) is 20.5 Å². The largest absolute Gasteiger partial charge is 0.489 e. The molecule has 4 rings (SSSR count). The van der Waals surface area contributed by atoms with Gasteiger partial charge in [-0.2, -0.15) is 5.10 Å². The molecule has 1 fully saturated rings. The minimum Gasteiger partial charge on any atom is -0.489 e. The second kappa shape index (κ2) is 7.93. The molecule has 8 nitrogen and oxygen atoms in total. The number of H-pyrrole nitrogens is 1. The van der Waals surface area contributed by atoms with Gasteiger partial charge in [0.2, 0.25) is 0 Å². The third-order valence-corrected chi connectivity index (χ3v) is 5.63. The zero-order valence-electron chi connectivity index (χ0n) is 17.2. The van der Waals surface area contributed by atoms with Gasteiger partial charge in [0.05, 0.1) is 24.2 Å². The van der Waals surface area contributed by atoms with Gasteiger partial charge in [-0.05, 0) is 52.9 Å². The van der Waals surface area contributed by atoms with Crippen molar-refractivity contribution in [3.8, 4) is 5.75 Å². The summed E-state index contributed by atoms with van der Waals surface area (Å²) in [5, 5.41) is 13.8. The highest BCUT2D eigenvalue weighted by Crippen LogP contribution is 2.36. The number of rotatable bonds is 0. The molecule has 2 aliphatic rings. The smallest absolute Gasteiger partial charge is 0.407 e. The van der Waals surface area contributed by atoms with Crippen LogP contribution in [-0.4, -0.2) is 39.0 Å². The number of hydrogen-bond donors (Lipinski definition) is 3. The Bertz CT molecular complexity index is 866. The number of anilines is 2. The molecule has 0 radical (unpaired) electrons. The Balaban J connectivity index is 1.57. The van der Waals surface area contributed by atoms with E-state index in [2.05, 4.69) is 25.8 Å². The van der Waals surface area contributed by atoms with Gasteiger partial charge in [0.1, 0.15) is 11.9 Å². The lowest BCUT2D eigenvalue weighted by molar-refractivity contribution is 0.0900. The summed E-state index contributed by atoms with van der Waals surface area (Å²) < 4.78 is 11.7. The zero-order chi connectivity index (χ0) is 20.4. The number of fused-ring (bicyclic) bond motifs is 7. The first kappa shape index (κ1) is 19.5. The van der Waals surface area contributed by atoms with Gasteiger partial charge < -0.3 is 20.1 Å². The van der Waals surface area contributed by atoms with E-state index in [0.717, 1.165) is 49.3 Å². The molecule has 1 aliphatic heterocycles. The number of alkyl carbamates (subject to hydrolysis) is 1. The third-order valence-electron chi connectivity index (χ3n) is 5.63. The Morgan fingerprint density at radius 2 is 2.00 bits per heavy atom. The van der Waals surface area contributed by atoms with E-state index >= 15 is 0 Å². The van der Waals surface area contributed by atoms with E-state index in [1.807, 2.05) is 32.9 Å². The van der Waals surface area contributed by atoms with Crippen molar-refractivity contribution in [2.75, 3.05) is 5.32 Å². The molecule has 3 atom stereocenters. The van der Waals surface area contributed by atoms with Gasteiger partial charge in [-0.25, -0.2) is 4.79 Å². The number of nitrogens with one attached hydrogen (secondary N) is 3. The molecule has 0 unspecified atom stereocenters. The fourth-order valence-corrected chi connectivity index (χ4v) is 4.01. The molecule has 8 heteroatoms. The summed E-state index contributed by atoms with van der Waals surface area (Å²) in [7, 11) is 0. The standard InChI is InChI=1S/C21H29N5O3/c1-13-6-7-21(2,3)24-20(27)29-16-5-4-14(8-16)18-10-19(26-25-18)23-15-9-17(28-13)12-22-11-15/h9-14,16H,4-8H2,1-3H3,(H,24,27)(H2,23,25,26)/t13-,14+,16-/m1/s1. The van der Waals surface area contributed by atoms with Crippen LogP contribution in [0.3, 0.4) is 0 Å². The van der Waals surface area contributed by atoms with Crippen LogP contribution in [-0.2, 0) is 4.74 Å². The summed E-state index contributed by atoms with van der Waals surface area (Å²) in [5.74, 6) is 1.73. The molecule has 0 spiro atoms. The van der Waals surface area contributed by atoms with Crippen LogP contribution in [0.4, 0.5) is 16.3 Å². The van der Waals surface area contributed by atoms with Crippen LogP contribution in [0.15, 0.2) is 24.5 Å². The quantitative estimate of drug-likeness (QED) is 0.612. The minimum absolute atomic E-state index is 0.0180. The number of amides is 1. The van der Waals surface area contributed by atoms with Crippen LogP contribution in [0.2, 0.25) is 0 Å². The summed E-state index contributed by atoms with van der Waals surface area (Å²) in [6, 6.07) is 3.93. The van der Waals surface area contributed by atoms with Crippen molar-refractivity contribution in [2.45, 2.75) is 76.5 Å². The summed E-state index contributed by atoms with van der Waals surface area (Å²) >= 11 is 0. The highest BCUT2D eigenvalue weighted by Gasteiger charge is 2.31. The molecular weight excluding hydrogens is 370 g/mol. The van der Waals surface area contributed by atoms with Gasteiger partial charge in [0, 0.05) is 29.3 Å².